The van der Waals surface area contributed by atoms with Gasteiger partial charge in [-0.25, -0.2) is 4.98 Å². The molecule has 1 N–H and O–H groups in total. The summed E-state index contributed by atoms with van der Waals surface area (Å²) in [7, 11) is 1.68. The van der Waals surface area contributed by atoms with Gasteiger partial charge in [-0.05, 0) is 31.2 Å². The van der Waals surface area contributed by atoms with Gasteiger partial charge in [-0.15, -0.1) is 11.3 Å². The molecule has 1 aromatic carbocycles. The first-order valence-corrected chi connectivity index (χ1v) is 7.91. The number of hydrogen-bond donors (Lipinski definition) is 1. The highest BCUT2D eigenvalue weighted by molar-refractivity contribution is 9.10. The third-order valence-electron chi connectivity index (χ3n) is 2.68. The standard InChI is InChI=1S/C14H17BrN2OS/c1-3-6-16-8-11-9-19-14(17-11)12-7-10(15)4-5-13(12)18-2/h4-5,7,9,16H,3,6,8H2,1-2H3. The van der Waals surface area contributed by atoms with Crippen molar-refractivity contribution in [2.45, 2.75) is 19.9 Å². The lowest BCUT2D eigenvalue weighted by Crippen LogP contribution is -2.13. The normalized spacial score (nSPS) is 10.7. The van der Waals surface area contributed by atoms with Crippen LogP contribution < -0.4 is 10.1 Å². The Bertz CT molecular complexity index is 542. The second kappa shape index (κ2) is 7.03. The summed E-state index contributed by atoms with van der Waals surface area (Å²) in [5.74, 6) is 0.852. The molecule has 2 aromatic rings. The molecule has 0 fully saturated rings. The largest absolute Gasteiger partial charge is 0.496 e. The van der Waals surface area contributed by atoms with Crippen molar-refractivity contribution in [2.75, 3.05) is 13.7 Å². The molecule has 0 bridgehead atoms. The molecule has 0 aliphatic rings. The Kier molecular flexibility index (Phi) is 5.36. The summed E-state index contributed by atoms with van der Waals surface area (Å²) in [6.07, 6.45) is 1.14. The molecule has 1 aromatic heterocycles. The first-order valence-electron chi connectivity index (χ1n) is 6.23. The number of thiazole rings is 1. The van der Waals surface area contributed by atoms with E-state index in [0.717, 1.165) is 46.0 Å². The monoisotopic (exact) mass is 340 g/mol. The molecule has 0 saturated carbocycles. The highest BCUT2D eigenvalue weighted by atomic mass is 79.9. The van der Waals surface area contributed by atoms with Crippen LogP contribution in [0.25, 0.3) is 10.6 Å². The molecule has 0 unspecified atom stereocenters. The average Bonchev–Trinajstić information content (AvgIpc) is 2.88. The van der Waals surface area contributed by atoms with Crippen LogP contribution in [0, 0.1) is 0 Å². The Morgan fingerprint density at radius 3 is 3.00 bits per heavy atom. The van der Waals surface area contributed by atoms with Crippen LogP contribution >= 0.6 is 27.3 Å². The predicted octanol–water partition coefficient (Wildman–Crippen LogP) is 4.08. The molecule has 0 aliphatic carbocycles. The van der Waals surface area contributed by atoms with E-state index in [4.69, 9.17) is 4.74 Å². The molecule has 0 spiro atoms. The number of aromatic nitrogens is 1. The van der Waals surface area contributed by atoms with Crippen molar-refractivity contribution in [3.8, 4) is 16.3 Å². The van der Waals surface area contributed by atoms with E-state index >= 15 is 0 Å². The molecule has 0 saturated heterocycles. The van der Waals surface area contributed by atoms with Gasteiger partial charge in [0.05, 0.1) is 18.4 Å². The number of ether oxygens (including phenoxy) is 1. The van der Waals surface area contributed by atoms with Crippen molar-refractivity contribution >= 4 is 27.3 Å². The Hall–Kier alpha value is -0.910. The van der Waals surface area contributed by atoms with Gasteiger partial charge < -0.3 is 10.1 Å². The van der Waals surface area contributed by atoms with E-state index in [2.05, 4.69) is 38.5 Å². The lowest BCUT2D eigenvalue weighted by Gasteiger charge is -2.06. The molecule has 1 heterocycles. The average molecular weight is 341 g/mol. The van der Waals surface area contributed by atoms with E-state index in [-0.39, 0.29) is 0 Å². The van der Waals surface area contributed by atoms with Crippen LogP contribution in [-0.2, 0) is 6.54 Å². The minimum absolute atomic E-state index is 0.820. The summed E-state index contributed by atoms with van der Waals surface area (Å²) >= 11 is 5.14. The van der Waals surface area contributed by atoms with Crippen molar-refractivity contribution in [2.24, 2.45) is 0 Å². The number of nitrogens with one attached hydrogen (secondary N) is 1. The molecular weight excluding hydrogens is 324 g/mol. The number of benzene rings is 1. The van der Waals surface area contributed by atoms with E-state index in [9.17, 15) is 0 Å². The predicted molar refractivity (Wildman–Crippen MR) is 83.8 cm³/mol. The SMILES string of the molecule is CCCNCc1csc(-c2cc(Br)ccc2OC)n1. The second-order valence-electron chi connectivity index (χ2n) is 4.17. The smallest absolute Gasteiger partial charge is 0.129 e. The van der Waals surface area contributed by atoms with Crippen LogP contribution in [0.4, 0.5) is 0 Å². The maximum absolute atomic E-state index is 5.39. The van der Waals surface area contributed by atoms with E-state index in [1.807, 2.05) is 18.2 Å². The Morgan fingerprint density at radius 1 is 1.42 bits per heavy atom. The molecule has 0 atom stereocenters. The molecule has 3 nitrogen and oxygen atoms in total. The zero-order chi connectivity index (χ0) is 13.7. The van der Waals surface area contributed by atoms with Crippen LogP contribution in [0.5, 0.6) is 5.75 Å². The second-order valence-corrected chi connectivity index (χ2v) is 5.94. The Labute approximate surface area is 126 Å². The minimum atomic E-state index is 0.820. The zero-order valence-electron chi connectivity index (χ0n) is 11.1. The van der Waals surface area contributed by atoms with Gasteiger partial charge in [0.15, 0.2) is 0 Å². The van der Waals surface area contributed by atoms with Gasteiger partial charge in [-0.2, -0.15) is 0 Å². The molecule has 5 heteroatoms. The highest BCUT2D eigenvalue weighted by Gasteiger charge is 2.10. The Morgan fingerprint density at radius 2 is 2.26 bits per heavy atom. The summed E-state index contributed by atoms with van der Waals surface area (Å²) in [6, 6.07) is 5.97. The molecule has 102 valence electrons. The number of rotatable bonds is 6. The molecule has 0 radical (unpaired) electrons. The van der Waals surface area contributed by atoms with Crippen molar-refractivity contribution in [3.05, 3.63) is 33.7 Å². The summed E-state index contributed by atoms with van der Waals surface area (Å²) in [6.45, 7) is 4.00. The quantitative estimate of drug-likeness (QED) is 0.804. The van der Waals surface area contributed by atoms with Crippen molar-refractivity contribution in [1.29, 1.82) is 0 Å². The molecule has 19 heavy (non-hydrogen) atoms. The lowest BCUT2D eigenvalue weighted by molar-refractivity contribution is 0.416. The maximum Gasteiger partial charge on any atom is 0.129 e. The van der Waals surface area contributed by atoms with E-state index < -0.39 is 0 Å². The van der Waals surface area contributed by atoms with Crippen LogP contribution in [-0.4, -0.2) is 18.6 Å². The first-order chi connectivity index (χ1) is 9.24. The van der Waals surface area contributed by atoms with Gasteiger partial charge >= 0.3 is 0 Å². The van der Waals surface area contributed by atoms with Gasteiger partial charge in [0.2, 0.25) is 0 Å². The lowest BCUT2D eigenvalue weighted by atomic mass is 10.2. The van der Waals surface area contributed by atoms with Gasteiger partial charge in [0.1, 0.15) is 10.8 Å². The van der Waals surface area contributed by atoms with Crippen LogP contribution in [0.1, 0.15) is 19.0 Å². The third kappa shape index (κ3) is 3.78. The molecule has 2 rings (SSSR count). The maximum atomic E-state index is 5.39. The van der Waals surface area contributed by atoms with E-state index in [0.29, 0.717) is 0 Å². The van der Waals surface area contributed by atoms with Crippen LogP contribution in [0.2, 0.25) is 0 Å². The number of methoxy groups -OCH3 is 1. The fraction of sp³-hybridized carbons (Fsp3) is 0.357. The third-order valence-corrected chi connectivity index (χ3v) is 4.09. The van der Waals surface area contributed by atoms with Gasteiger partial charge in [-0.3, -0.25) is 0 Å². The fourth-order valence-corrected chi connectivity index (χ4v) is 2.95. The molecule has 0 amide bonds. The Balaban J connectivity index is 2.20. The van der Waals surface area contributed by atoms with Gasteiger partial charge in [0, 0.05) is 16.4 Å². The summed E-state index contributed by atoms with van der Waals surface area (Å²) in [4.78, 5) is 4.66. The summed E-state index contributed by atoms with van der Waals surface area (Å²) < 4.78 is 6.42. The minimum Gasteiger partial charge on any atom is -0.496 e. The summed E-state index contributed by atoms with van der Waals surface area (Å²) in [5, 5.41) is 6.45. The summed E-state index contributed by atoms with van der Waals surface area (Å²) in [5.41, 5.74) is 2.11. The van der Waals surface area contributed by atoms with E-state index in [1.54, 1.807) is 18.4 Å². The molecular formula is C14H17BrN2OS. The zero-order valence-corrected chi connectivity index (χ0v) is 13.5. The fourth-order valence-electron chi connectivity index (χ4n) is 1.75. The van der Waals surface area contributed by atoms with E-state index in [1.165, 1.54) is 0 Å². The van der Waals surface area contributed by atoms with Crippen molar-refractivity contribution < 1.29 is 4.74 Å². The topological polar surface area (TPSA) is 34.1 Å². The first kappa shape index (κ1) is 14.5. The van der Waals surface area contributed by atoms with Crippen LogP contribution in [0.3, 0.4) is 0 Å². The van der Waals surface area contributed by atoms with Crippen molar-refractivity contribution in [3.63, 3.8) is 0 Å². The van der Waals surface area contributed by atoms with Gasteiger partial charge in [-0.1, -0.05) is 22.9 Å². The van der Waals surface area contributed by atoms with Crippen LogP contribution in [0.15, 0.2) is 28.1 Å². The number of nitrogens with zero attached hydrogens (tertiary/aromatic N) is 1. The number of hydrogen-bond acceptors (Lipinski definition) is 4. The van der Waals surface area contributed by atoms with Crippen molar-refractivity contribution in [1.82, 2.24) is 10.3 Å². The molecule has 0 aliphatic heterocycles. The highest BCUT2D eigenvalue weighted by Crippen LogP contribution is 2.34. The number of halogens is 1. The van der Waals surface area contributed by atoms with Gasteiger partial charge in [0.25, 0.3) is 0 Å².